The molecule has 16 heavy (non-hydrogen) atoms. The van der Waals surface area contributed by atoms with E-state index in [9.17, 15) is 0 Å². The molecule has 4 heteroatoms. The molecule has 1 aromatic rings. The fourth-order valence-corrected chi connectivity index (χ4v) is 2.74. The van der Waals surface area contributed by atoms with Crippen LogP contribution < -0.4 is 5.32 Å². The first-order valence-corrected chi connectivity index (χ1v) is 7.03. The van der Waals surface area contributed by atoms with Crippen molar-refractivity contribution in [3.05, 3.63) is 23.3 Å². The first-order valence-electron chi connectivity index (χ1n) is 5.88. The molecule has 88 valence electrons. The van der Waals surface area contributed by atoms with Gasteiger partial charge in [-0.25, -0.2) is 9.97 Å². The molecule has 3 nitrogen and oxygen atoms in total. The molecule has 1 unspecified atom stereocenters. The zero-order chi connectivity index (χ0) is 11.4. The van der Waals surface area contributed by atoms with Crippen molar-refractivity contribution in [3.8, 4) is 0 Å². The van der Waals surface area contributed by atoms with Gasteiger partial charge in [0.25, 0.3) is 0 Å². The van der Waals surface area contributed by atoms with E-state index in [1.54, 1.807) is 0 Å². The predicted octanol–water partition coefficient (Wildman–Crippen LogP) is 1.46. The summed E-state index contributed by atoms with van der Waals surface area (Å²) in [7, 11) is 1.98. The highest BCUT2D eigenvalue weighted by molar-refractivity contribution is 7.99. The van der Waals surface area contributed by atoms with E-state index in [0.717, 1.165) is 25.1 Å². The molecule has 0 amide bonds. The van der Waals surface area contributed by atoms with E-state index >= 15 is 0 Å². The van der Waals surface area contributed by atoms with Crippen molar-refractivity contribution < 1.29 is 0 Å². The second-order valence-corrected chi connectivity index (χ2v) is 5.49. The van der Waals surface area contributed by atoms with Gasteiger partial charge in [-0.1, -0.05) is 0 Å². The molecular formula is C12H19N3S. The molecule has 1 aromatic heterocycles. The molecule has 0 aliphatic carbocycles. The Balaban J connectivity index is 2.14. The third-order valence-electron chi connectivity index (χ3n) is 2.98. The van der Waals surface area contributed by atoms with Crippen LogP contribution in [0.15, 0.2) is 6.20 Å². The molecule has 0 radical (unpaired) electrons. The Bertz CT molecular complexity index is 354. The van der Waals surface area contributed by atoms with Crippen LogP contribution in [0.2, 0.25) is 0 Å². The minimum absolute atomic E-state index is 0.443. The maximum Gasteiger partial charge on any atom is 0.130 e. The number of nitrogens with one attached hydrogen (secondary N) is 1. The van der Waals surface area contributed by atoms with E-state index < -0.39 is 0 Å². The Kier molecular flexibility index (Phi) is 4.18. The highest BCUT2D eigenvalue weighted by atomic mass is 32.2. The highest BCUT2D eigenvalue weighted by Crippen LogP contribution is 2.17. The van der Waals surface area contributed by atoms with Gasteiger partial charge < -0.3 is 5.32 Å². The SMILES string of the molecule is CNC(C)Cc1ncc2c(n1)CCSCC2. The Morgan fingerprint density at radius 2 is 2.25 bits per heavy atom. The molecule has 1 N–H and O–H groups in total. The Hall–Kier alpha value is -0.610. The smallest absolute Gasteiger partial charge is 0.130 e. The van der Waals surface area contributed by atoms with Gasteiger partial charge in [0, 0.05) is 24.4 Å². The van der Waals surface area contributed by atoms with Gasteiger partial charge in [-0.05, 0) is 43.9 Å². The molecule has 1 aliphatic rings. The van der Waals surface area contributed by atoms with Crippen molar-refractivity contribution >= 4 is 11.8 Å². The summed E-state index contributed by atoms with van der Waals surface area (Å²) in [5, 5.41) is 3.22. The van der Waals surface area contributed by atoms with Crippen molar-refractivity contribution in [2.24, 2.45) is 0 Å². The number of rotatable bonds is 3. The number of aryl methyl sites for hydroxylation is 2. The summed E-state index contributed by atoms with van der Waals surface area (Å²) in [6.07, 6.45) is 5.17. The molecule has 1 aliphatic heterocycles. The third-order valence-corrected chi connectivity index (χ3v) is 3.97. The van der Waals surface area contributed by atoms with Crippen LogP contribution in [-0.4, -0.2) is 34.6 Å². The van der Waals surface area contributed by atoms with Gasteiger partial charge in [0.15, 0.2) is 0 Å². The minimum Gasteiger partial charge on any atom is -0.317 e. The lowest BCUT2D eigenvalue weighted by molar-refractivity contribution is 0.588. The highest BCUT2D eigenvalue weighted by Gasteiger charge is 2.12. The predicted molar refractivity (Wildman–Crippen MR) is 69.0 cm³/mol. The van der Waals surface area contributed by atoms with E-state index in [2.05, 4.69) is 17.2 Å². The second-order valence-electron chi connectivity index (χ2n) is 4.26. The van der Waals surface area contributed by atoms with Gasteiger partial charge in [0.2, 0.25) is 0 Å². The molecule has 2 heterocycles. The third kappa shape index (κ3) is 2.95. The van der Waals surface area contributed by atoms with Crippen molar-refractivity contribution in [3.63, 3.8) is 0 Å². The van der Waals surface area contributed by atoms with Crippen LogP contribution >= 0.6 is 11.8 Å². The largest absolute Gasteiger partial charge is 0.317 e. The zero-order valence-electron chi connectivity index (χ0n) is 9.99. The summed E-state index contributed by atoms with van der Waals surface area (Å²) in [6, 6.07) is 0.443. The van der Waals surface area contributed by atoms with Crippen LogP contribution in [0, 0.1) is 0 Å². The van der Waals surface area contributed by atoms with Crippen molar-refractivity contribution in [2.75, 3.05) is 18.6 Å². The van der Waals surface area contributed by atoms with Crippen molar-refractivity contribution in [2.45, 2.75) is 32.2 Å². The second kappa shape index (κ2) is 5.64. The average molecular weight is 237 g/mol. The topological polar surface area (TPSA) is 37.8 Å². The Morgan fingerprint density at radius 1 is 1.44 bits per heavy atom. The van der Waals surface area contributed by atoms with Crippen LogP contribution in [0.3, 0.4) is 0 Å². The standard InChI is InChI=1S/C12H19N3S/c1-9(13-2)7-12-14-8-10-3-5-16-6-4-11(10)15-12/h8-9,13H,3-7H2,1-2H3. The van der Waals surface area contributed by atoms with Crippen molar-refractivity contribution in [1.82, 2.24) is 15.3 Å². The minimum atomic E-state index is 0.443. The molecule has 0 saturated carbocycles. The molecule has 1 atom stereocenters. The number of thioether (sulfide) groups is 1. The normalized spacial score (nSPS) is 17.6. The number of fused-ring (bicyclic) bond motifs is 1. The molecule has 0 aromatic carbocycles. The van der Waals surface area contributed by atoms with Gasteiger partial charge >= 0.3 is 0 Å². The zero-order valence-corrected chi connectivity index (χ0v) is 10.8. The number of likely N-dealkylation sites (N-methyl/N-ethyl adjacent to an activating group) is 1. The van der Waals surface area contributed by atoms with E-state index in [0.29, 0.717) is 6.04 Å². The lowest BCUT2D eigenvalue weighted by atomic mass is 10.1. The summed E-state index contributed by atoms with van der Waals surface area (Å²) < 4.78 is 0. The van der Waals surface area contributed by atoms with Crippen LogP contribution in [0.25, 0.3) is 0 Å². The lowest BCUT2D eigenvalue weighted by Crippen LogP contribution is -2.24. The van der Waals surface area contributed by atoms with Crippen molar-refractivity contribution in [1.29, 1.82) is 0 Å². The average Bonchev–Trinajstić information content (AvgIpc) is 2.53. The Labute approximate surface area is 101 Å². The summed E-state index contributed by atoms with van der Waals surface area (Å²) >= 11 is 2.02. The molecule has 0 spiro atoms. The molecule has 0 bridgehead atoms. The fraction of sp³-hybridized carbons (Fsp3) is 0.667. The van der Waals surface area contributed by atoms with E-state index in [1.165, 1.54) is 22.8 Å². The lowest BCUT2D eigenvalue weighted by Gasteiger charge is -2.10. The van der Waals surface area contributed by atoms with Crippen LogP contribution in [0.4, 0.5) is 0 Å². The van der Waals surface area contributed by atoms with Gasteiger partial charge in [0.1, 0.15) is 5.82 Å². The number of hydrogen-bond acceptors (Lipinski definition) is 4. The Morgan fingerprint density at radius 3 is 3.06 bits per heavy atom. The number of nitrogens with zero attached hydrogens (tertiary/aromatic N) is 2. The number of aromatic nitrogens is 2. The summed E-state index contributed by atoms with van der Waals surface area (Å²) in [5.41, 5.74) is 2.63. The first kappa shape index (κ1) is 11.9. The first-order chi connectivity index (χ1) is 7.79. The van der Waals surface area contributed by atoms with Gasteiger partial charge in [-0.3, -0.25) is 0 Å². The van der Waals surface area contributed by atoms with Crippen LogP contribution in [0.5, 0.6) is 0 Å². The maximum absolute atomic E-state index is 4.70. The van der Waals surface area contributed by atoms with Crippen LogP contribution in [0.1, 0.15) is 24.0 Å². The fourth-order valence-electron chi connectivity index (χ4n) is 1.84. The molecular weight excluding hydrogens is 218 g/mol. The van der Waals surface area contributed by atoms with E-state index in [1.807, 2.05) is 25.0 Å². The van der Waals surface area contributed by atoms with E-state index in [4.69, 9.17) is 4.98 Å². The maximum atomic E-state index is 4.70. The quantitative estimate of drug-likeness (QED) is 0.863. The monoisotopic (exact) mass is 237 g/mol. The summed E-state index contributed by atoms with van der Waals surface area (Å²) in [5.74, 6) is 3.39. The van der Waals surface area contributed by atoms with Gasteiger partial charge in [-0.2, -0.15) is 11.8 Å². The number of hydrogen-bond donors (Lipinski definition) is 1. The summed E-state index contributed by atoms with van der Waals surface area (Å²) in [4.78, 5) is 9.16. The van der Waals surface area contributed by atoms with Crippen LogP contribution in [-0.2, 0) is 19.3 Å². The molecule has 2 rings (SSSR count). The van der Waals surface area contributed by atoms with Gasteiger partial charge in [-0.15, -0.1) is 0 Å². The summed E-state index contributed by atoms with van der Waals surface area (Å²) in [6.45, 7) is 2.16. The van der Waals surface area contributed by atoms with E-state index in [-0.39, 0.29) is 0 Å². The molecule has 0 saturated heterocycles. The molecule has 0 fully saturated rings. The van der Waals surface area contributed by atoms with Gasteiger partial charge in [0.05, 0.1) is 0 Å².